The van der Waals surface area contributed by atoms with Gasteiger partial charge in [-0.2, -0.15) is 4.98 Å². The fraction of sp³-hybridized carbons (Fsp3) is 0.385. The Morgan fingerprint density at radius 2 is 1.76 bits per heavy atom. The number of nitrogens with zero attached hydrogens (tertiary/aromatic N) is 2. The van der Waals surface area contributed by atoms with Crippen LogP contribution in [0.15, 0.2) is 21.1 Å². The summed E-state index contributed by atoms with van der Waals surface area (Å²) in [4.78, 5) is 4.09. The number of aromatic nitrogens is 2. The average molecular weight is 381 g/mol. The van der Waals surface area contributed by atoms with Crippen molar-refractivity contribution in [2.75, 3.05) is 0 Å². The third-order valence-corrected chi connectivity index (χ3v) is 4.05. The Bertz CT molecular complexity index is 636. The minimum Gasteiger partial charge on any atom is -0.334 e. The molecule has 0 spiro atoms. The maximum atomic E-state index is 13.8. The van der Waals surface area contributed by atoms with Crippen LogP contribution in [0.1, 0.15) is 31.5 Å². The smallest absolute Gasteiger partial charge is 0.263 e. The molecule has 2 aromatic rings. The molecular weight excluding hydrogens is 368 g/mol. The van der Waals surface area contributed by atoms with E-state index >= 15 is 0 Å². The first-order valence-corrected chi connectivity index (χ1v) is 7.07. The molecule has 0 amide bonds. The summed E-state index contributed by atoms with van der Waals surface area (Å²) in [6.07, 6.45) is 3.47. The number of halogens is 4. The van der Waals surface area contributed by atoms with Gasteiger partial charge in [0.15, 0.2) is 5.82 Å². The van der Waals surface area contributed by atoms with Crippen LogP contribution in [-0.2, 0) is 5.54 Å². The van der Waals surface area contributed by atoms with Gasteiger partial charge in [0, 0.05) is 4.47 Å². The maximum absolute atomic E-state index is 13.8. The molecule has 8 heteroatoms. The third kappa shape index (κ3) is 2.95. The Morgan fingerprint density at radius 1 is 1.19 bits per heavy atom. The molecule has 0 bridgehead atoms. The van der Waals surface area contributed by atoms with E-state index in [1.165, 1.54) is 0 Å². The molecule has 1 fully saturated rings. The second kappa shape index (κ2) is 5.98. The summed E-state index contributed by atoms with van der Waals surface area (Å²) in [7, 11) is 0. The van der Waals surface area contributed by atoms with Gasteiger partial charge in [0.1, 0.15) is 17.2 Å². The molecule has 1 aromatic carbocycles. The van der Waals surface area contributed by atoms with Crippen molar-refractivity contribution in [3.05, 3.63) is 34.1 Å². The summed E-state index contributed by atoms with van der Waals surface area (Å²) in [5.41, 5.74) is 5.22. The van der Waals surface area contributed by atoms with Gasteiger partial charge in [0.2, 0.25) is 0 Å². The highest BCUT2D eigenvalue weighted by Crippen LogP contribution is 2.36. The highest BCUT2D eigenvalue weighted by atomic mass is 79.9. The molecule has 0 unspecified atom stereocenters. The third-order valence-electron chi connectivity index (χ3n) is 3.59. The minimum atomic E-state index is -0.760. The lowest BCUT2D eigenvalue weighted by Crippen LogP contribution is -2.34. The van der Waals surface area contributed by atoms with Gasteiger partial charge in [-0.15, -0.1) is 12.4 Å². The minimum absolute atomic E-state index is 0. The second-order valence-corrected chi connectivity index (χ2v) is 5.95. The molecule has 1 aromatic heterocycles. The largest absolute Gasteiger partial charge is 0.334 e. The molecule has 3 rings (SSSR count). The second-order valence-electron chi connectivity index (χ2n) is 5.03. The normalized spacial score (nSPS) is 16.8. The van der Waals surface area contributed by atoms with Crippen molar-refractivity contribution in [2.45, 2.75) is 31.2 Å². The Balaban J connectivity index is 0.00000161. The first-order valence-electron chi connectivity index (χ1n) is 6.27. The molecule has 0 radical (unpaired) electrons. The van der Waals surface area contributed by atoms with Gasteiger partial charge in [0.05, 0.1) is 5.54 Å². The monoisotopic (exact) mass is 379 g/mol. The Morgan fingerprint density at radius 3 is 2.33 bits per heavy atom. The summed E-state index contributed by atoms with van der Waals surface area (Å²) >= 11 is 3.02. The molecule has 1 aliphatic rings. The fourth-order valence-electron chi connectivity index (χ4n) is 2.50. The van der Waals surface area contributed by atoms with E-state index < -0.39 is 17.2 Å². The van der Waals surface area contributed by atoms with Gasteiger partial charge in [-0.1, -0.05) is 33.9 Å². The molecule has 1 aliphatic carbocycles. The summed E-state index contributed by atoms with van der Waals surface area (Å²) in [6.45, 7) is 0. The van der Waals surface area contributed by atoms with Gasteiger partial charge in [-0.25, -0.2) is 8.78 Å². The van der Waals surface area contributed by atoms with Crippen molar-refractivity contribution in [1.82, 2.24) is 10.1 Å². The van der Waals surface area contributed by atoms with E-state index in [0.29, 0.717) is 10.3 Å². The topological polar surface area (TPSA) is 64.9 Å². The van der Waals surface area contributed by atoms with Crippen molar-refractivity contribution in [3.8, 4) is 11.5 Å². The van der Waals surface area contributed by atoms with Gasteiger partial charge >= 0.3 is 0 Å². The van der Waals surface area contributed by atoms with Crippen LogP contribution in [0.25, 0.3) is 11.5 Å². The van der Waals surface area contributed by atoms with Crippen LogP contribution in [-0.4, -0.2) is 10.1 Å². The van der Waals surface area contributed by atoms with Crippen molar-refractivity contribution in [2.24, 2.45) is 5.73 Å². The van der Waals surface area contributed by atoms with Crippen LogP contribution in [0.3, 0.4) is 0 Å². The van der Waals surface area contributed by atoms with Crippen LogP contribution >= 0.6 is 28.3 Å². The van der Waals surface area contributed by atoms with Gasteiger partial charge in [-0.05, 0) is 25.0 Å². The lowest BCUT2D eigenvalue weighted by atomic mass is 9.99. The lowest BCUT2D eigenvalue weighted by molar-refractivity contribution is 0.371. The number of nitrogens with two attached hydrogens (primary N) is 1. The first-order chi connectivity index (χ1) is 9.49. The summed E-state index contributed by atoms with van der Waals surface area (Å²) in [5, 5.41) is 3.79. The maximum Gasteiger partial charge on any atom is 0.263 e. The summed E-state index contributed by atoms with van der Waals surface area (Å²) in [5.74, 6) is -1.39. The van der Waals surface area contributed by atoms with Crippen LogP contribution in [0.5, 0.6) is 0 Å². The summed E-state index contributed by atoms with van der Waals surface area (Å²) in [6, 6.07) is 2.30. The van der Waals surface area contributed by atoms with E-state index in [2.05, 4.69) is 26.1 Å². The molecule has 4 nitrogen and oxygen atoms in total. The van der Waals surface area contributed by atoms with Crippen molar-refractivity contribution < 1.29 is 13.3 Å². The molecule has 114 valence electrons. The van der Waals surface area contributed by atoms with E-state index in [1.807, 2.05) is 0 Å². The predicted molar refractivity (Wildman–Crippen MR) is 78.9 cm³/mol. The number of benzene rings is 1. The Hall–Kier alpha value is -1.05. The standard InChI is InChI=1S/C13H12BrF2N3O.ClH/c14-7-5-8(15)10(9(16)6-7)11-18-12(19-20-11)13(17)3-1-2-4-13;/h5-6H,1-4,17H2;1H. The van der Waals surface area contributed by atoms with Crippen LogP contribution in [0, 0.1) is 11.6 Å². The molecule has 0 saturated heterocycles. The van der Waals surface area contributed by atoms with Crippen molar-refractivity contribution in [3.63, 3.8) is 0 Å². The molecule has 2 N–H and O–H groups in total. The predicted octanol–water partition coefficient (Wildman–Crippen LogP) is 3.93. The van der Waals surface area contributed by atoms with Crippen molar-refractivity contribution >= 4 is 28.3 Å². The van der Waals surface area contributed by atoms with Gasteiger partial charge in [0.25, 0.3) is 5.89 Å². The Labute approximate surface area is 134 Å². The molecule has 0 aliphatic heterocycles. The highest BCUT2D eigenvalue weighted by Gasteiger charge is 2.36. The van der Waals surface area contributed by atoms with E-state index in [4.69, 9.17) is 10.3 Å². The van der Waals surface area contributed by atoms with Crippen LogP contribution in [0.2, 0.25) is 0 Å². The number of rotatable bonds is 2. The molecule has 1 saturated carbocycles. The number of hydrogen-bond donors (Lipinski definition) is 1. The Kier molecular flexibility index (Phi) is 4.65. The van der Waals surface area contributed by atoms with Crippen LogP contribution in [0.4, 0.5) is 8.78 Å². The quantitative estimate of drug-likeness (QED) is 0.857. The summed E-state index contributed by atoms with van der Waals surface area (Å²) < 4.78 is 33.0. The van der Waals surface area contributed by atoms with E-state index in [1.54, 1.807) is 0 Å². The van der Waals surface area contributed by atoms with E-state index in [0.717, 1.165) is 37.8 Å². The highest BCUT2D eigenvalue weighted by molar-refractivity contribution is 9.10. The van der Waals surface area contributed by atoms with Crippen molar-refractivity contribution in [1.29, 1.82) is 0 Å². The van der Waals surface area contributed by atoms with Gasteiger partial charge in [-0.3, -0.25) is 0 Å². The first kappa shape index (κ1) is 16.3. The molecule has 21 heavy (non-hydrogen) atoms. The zero-order valence-electron chi connectivity index (χ0n) is 10.9. The molecular formula is C13H13BrClF2N3O. The van der Waals surface area contributed by atoms with E-state index in [9.17, 15) is 8.78 Å². The number of hydrogen-bond acceptors (Lipinski definition) is 4. The SMILES string of the molecule is Cl.NC1(c2noc(-c3c(F)cc(Br)cc3F)n2)CCCC1. The van der Waals surface area contributed by atoms with E-state index in [-0.39, 0.29) is 23.9 Å². The van der Waals surface area contributed by atoms with Gasteiger partial charge < -0.3 is 10.3 Å². The van der Waals surface area contributed by atoms with Crippen LogP contribution < -0.4 is 5.73 Å². The zero-order chi connectivity index (χ0) is 14.3. The fourth-order valence-corrected chi connectivity index (χ4v) is 2.91. The average Bonchev–Trinajstić information content (AvgIpc) is 2.98. The zero-order valence-corrected chi connectivity index (χ0v) is 13.3. The lowest BCUT2D eigenvalue weighted by Gasteiger charge is -2.17. The molecule has 1 heterocycles. The molecule has 0 atom stereocenters.